The molecule has 224 valence electrons. The molecule has 0 atom stereocenters. The van der Waals surface area contributed by atoms with Crippen LogP contribution in [0, 0.1) is 0 Å². The van der Waals surface area contributed by atoms with Crippen molar-refractivity contribution in [2.45, 2.75) is 150 Å². The lowest BCUT2D eigenvalue weighted by Crippen LogP contribution is -2.01. The largest absolute Gasteiger partial charge is 0.481 e. The summed E-state index contributed by atoms with van der Waals surface area (Å²) in [6.07, 6.45) is 32.2. The van der Waals surface area contributed by atoms with E-state index in [0.29, 0.717) is 7.92 Å². The second kappa shape index (κ2) is 34.1. The SMILES string of the molecule is CC(=O)O.CCCCCCCCP(CCCCCCCC)CCCCCCCC.NCCc1ccccc1. The number of carboxylic acids is 1. The molecule has 0 aromatic heterocycles. The normalized spacial score (nSPS) is 10.5. The standard InChI is InChI=1S/C24H51P.C8H11N.C2H4O2/c1-4-7-10-13-16-19-22-25(23-20-17-14-11-8-5-2)24-21-18-15-12-9-6-3;9-7-6-8-4-2-1-3-5-8;1-2(3)4/h4-24H2,1-3H3;1-5H,6-7,9H2;1H3,(H,3,4). The number of hydrogen-bond donors (Lipinski definition) is 2. The predicted octanol–water partition coefficient (Wildman–Crippen LogP) is 10.8. The molecule has 38 heavy (non-hydrogen) atoms. The third kappa shape index (κ3) is 35.1. The Morgan fingerprint density at radius 1 is 0.632 bits per heavy atom. The second-order valence-corrected chi connectivity index (χ2v) is 13.4. The lowest BCUT2D eigenvalue weighted by atomic mass is 10.1. The molecule has 0 radical (unpaired) electrons. The summed E-state index contributed by atoms with van der Waals surface area (Å²) < 4.78 is 0. The maximum atomic E-state index is 9.00. The van der Waals surface area contributed by atoms with Crippen molar-refractivity contribution in [3.8, 4) is 0 Å². The Hall–Kier alpha value is -0.920. The summed E-state index contributed by atoms with van der Waals surface area (Å²) in [5, 5.41) is 7.42. The minimum absolute atomic E-state index is 0.366. The van der Waals surface area contributed by atoms with E-state index in [4.69, 9.17) is 15.6 Å². The third-order valence-electron chi connectivity index (χ3n) is 6.76. The molecule has 3 N–H and O–H groups in total. The van der Waals surface area contributed by atoms with Crippen LogP contribution in [0.15, 0.2) is 30.3 Å². The van der Waals surface area contributed by atoms with Gasteiger partial charge in [0.25, 0.3) is 5.97 Å². The van der Waals surface area contributed by atoms with Crippen LogP contribution in [0.4, 0.5) is 0 Å². The molecular formula is C34H66NO2P. The van der Waals surface area contributed by atoms with Gasteiger partial charge < -0.3 is 10.8 Å². The van der Waals surface area contributed by atoms with Gasteiger partial charge in [-0.3, -0.25) is 4.79 Å². The van der Waals surface area contributed by atoms with Crippen molar-refractivity contribution in [1.29, 1.82) is 0 Å². The fourth-order valence-electron chi connectivity index (χ4n) is 4.49. The van der Waals surface area contributed by atoms with E-state index < -0.39 is 5.97 Å². The summed E-state index contributed by atoms with van der Waals surface area (Å²) in [7, 11) is 0.366. The maximum absolute atomic E-state index is 9.00. The average Bonchev–Trinajstić information content (AvgIpc) is 2.90. The van der Waals surface area contributed by atoms with E-state index in [1.807, 2.05) is 18.2 Å². The Morgan fingerprint density at radius 2 is 0.947 bits per heavy atom. The molecule has 0 aliphatic carbocycles. The van der Waals surface area contributed by atoms with Crippen LogP contribution in [-0.4, -0.2) is 36.1 Å². The number of carbonyl (C=O) groups is 1. The van der Waals surface area contributed by atoms with Gasteiger partial charge in [0, 0.05) is 6.92 Å². The Bertz CT molecular complexity index is 525. The van der Waals surface area contributed by atoms with Crippen molar-refractivity contribution in [1.82, 2.24) is 0 Å². The summed E-state index contributed by atoms with van der Waals surface area (Å²) in [5.41, 5.74) is 6.68. The zero-order chi connectivity index (χ0) is 28.5. The van der Waals surface area contributed by atoms with Crippen LogP contribution in [0.25, 0.3) is 0 Å². The zero-order valence-electron chi connectivity index (χ0n) is 26.0. The van der Waals surface area contributed by atoms with Crippen LogP contribution in [0.3, 0.4) is 0 Å². The summed E-state index contributed by atoms with van der Waals surface area (Å²) in [4.78, 5) is 9.00. The van der Waals surface area contributed by atoms with E-state index in [1.54, 1.807) is 18.5 Å². The van der Waals surface area contributed by atoms with E-state index in [2.05, 4.69) is 32.9 Å². The summed E-state index contributed by atoms with van der Waals surface area (Å²) in [5.74, 6) is -0.833. The minimum Gasteiger partial charge on any atom is -0.481 e. The Kier molecular flexibility index (Phi) is 35.2. The molecular weight excluding hydrogens is 485 g/mol. The topological polar surface area (TPSA) is 63.3 Å². The first-order chi connectivity index (χ1) is 18.5. The van der Waals surface area contributed by atoms with Gasteiger partial charge in [-0.25, -0.2) is 0 Å². The highest BCUT2D eigenvalue weighted by Crippen LogP contribution is 2.39. The first kappa shape index (κ1) is 39.2. The molecule has 0 aliphatic rings. The molecule has 1 aromatic rings. The molecule has 0 bridgehead atoms. The zero-order valence-corrected chi connectivity index (χ0v) is 26.9. The van der Waals surface area contributed by atoms with Gasteiger partial charge in [0.2, 0.25) is 0 Å². The fraction of sp³-hybridized carbons (Fsp3) is 0.794. The number of aliphatic carboxylic acids is 1. The van der Waals surface area contributed by atoms with E-state index in [-0.39, 0.29) is 0 Å². The molecule has 0 heterocycles. The highest BCUT2D eigenvalue weighted by molar-refractivity contribution is 7.57. The summed E-state index contributed by atoms with van der Waals surface area (Å²) in [6.45, 7) is 8.78. The first-order valence-corrected chi connectivity index (χ1v) is 18.1. The smallest absolute Gasteiger partial charge is 0.300 e. The molecule has 0 amide bonds. The van der Waals surface area contributed by atoms with Crippen molar-refractivity contribution in [3.63, 3.8) is 0 Å². The van der Waals surface area contributed by atoms with Crippen LogP contribution >= 0.6 is 7.92 Å². The molecule has 0 aliphatic heterocycles. The van der Waals surface area contributed by atoms with Crippen molar-refractivity contribution in [2.75, 3.05) is 25.0 Å². The Morgan fingerprint density at radius 3 is 1.26 bits per heavy atom. The molecule has 3 nitrogen and oxygen atoms in total. The van der Waals surface area contributed by atoms with Gasteiger partial charge in [0.1, 0.15) is 0 Å². The van der Waals surface area contributed by atoms with E-state index >= 15 is 0 Å². The van der Waals surface area contributed by atoms with E-state index in [0.717, 1.165) is 19.9 Å². The first-order valence-electron chi connectivity index (χ1n) is 16.2. The Labute approximate surface area is 239 Å². The van der Waals surface area contributed by atoms with Crippen molar-refractivity contribution < 1.29 is 9.90 Å². The lowest BCUT2D eigenvalue weighted by molar-refractivity contribution is -0.134. The molecule has 1 aromatic carbocycles. The molecule has 0 fully saturated rings. The number of unbranched alkanes of at least 4 members (excludes halogenated alkanes) is 15. The van der Waals surface area contributed by atoms with E-state index in [9.17, 15) is 0 Å². The quantitative estimate of drug-likeness (QED) is 0.105. The highest BCUT2D eigenvalue weighted by atomic mass is 31.1. The molecule has 1 rings (SSSR count). The van der Waals surface area contributed by atoms with Gasteiger partial charge in [-0.2, -0.15) is 0 Å². The monoisotopic (exact) mass is 551 g/mol. The molecule has 0 saturated carbocycles. The number of rotatable bonds is 23. The fourth-order valence-corrected chi connectivity index (χ4v) is 7.18. The molecule has 0 unspecified atom stereocenters. The van der Waals surface area contributed by atoms with Gasteiger partial charge in [0.05, 0.1) is 0 Å². The second-order valence-electron chi connectivity index (χ2n) is 10.7. The van der Waals surface area contributed by atoms with Crippen molar-refractivity contribution in [2.24, 2.45) is 5.73 Å². The van der Waals surface area contributed by atoms with Crippen molar-refractivity contribution >= 4 is 13.9 Å². The Balaban J connectivity index is 0. The van der Waals surface area contributed by atoms with Crippen molar-refractivity contribution in [3.05, 3.63) is 35.9 Å². The number of benzene rings is 1. The van der Waals surface area contributed by atoms with Gasteiger partial charge in [-0.05, 0) is 56.3 Å². The minimum atomic E-state index is -0.833. The maximum Gasteiger partial charge on any atom is 0.300 e. The van der Waals surface area contributed by atoms with Gasteiger partial charge >= 0.3 is 0 Å². The predicted molar refractivity (Wildman–Crippen MR) is 174 cm³/mol. The van der Waals surface area contributed by atoms with Gasteiger partial charge in [-0.15, -0.1) is 7.92 Å². The lowest BCUT2D eigenvalue weighted by Gasteiger charge is -2.18. The van der Waals surface area contributed by atoms with E-state index in [1.165, 1.54) is 121 Å². The van der Waals surface area contributed by atoms with Crippen LogP contribution < -0.4 is 5.73 Å². The van der Waals surface area contributed by atoms with Gasteiger partial charge in [-0.1, -0.05) is 147 Å². The summed E-state index contributed by atoms with van der Waals surface area (Å²) >= 11 is 0. The molecule has 0 saturated heterocycles. The number of carboxylic acid groups (broad SMARTS) is 1. The van der Waals surface area contributed by atoms with Crippen LogP contribution in [-0.2, 0) is 11.2 Å². The average molecular weight is 552 g/mol. The van der Waals surface area contributed by atoms with Crippen LogP contribution in [0.5, 0.6) is 0 Å². The van der Waals surface area contributed by atoms with Gasteiger partial charge in [0.15, 0.2) is 0 Å². The molecule has 4 heteroatoms. The third-order valence-corrected chi connectivity index (χ3v) is 9.61. The van der Waals surface area contributed by atoms with Crippen LogP contribution in [0.1, 0.15) is 149 Å². The van der Waals surface area contributed by atoms with Crippen LogP contribution in [0.2, 0.25) is 0 Å². The highest BCUT2D eigenvalue weighted by Gasteiger charge is 2.07. The summed E-state index contributed by atoms with van der Waals surface area (Å²) in [6, 6.07) is 10.3. The molecule has 0 spiro atoms. The number of hydrogen-bond acceptors (Lipinski definition) is 2. The number of nitrogens with two attached hydrogens (primary N) is 1.